The van der Waals surface area contributed by atoms with Gasteiger partial charge in [0.25, 0.3) is 0 Å². The molecule has 10 heteroatoms. The molecule has 0 radical (unpaired) electrons. The van der Waals surface area contributed by atoms with Crippen LogP contribution in [0.15, 0.2) is 160 Å². The van der Waals surface area contributed by atoms with Crippen LogP contribution in [-0.2, 0) is 0 Å². The van der Waals surface area contributed by atoms with Gasteiger partial charge in [-0.3, -0.25) is 9.59 Å². The summed E-state index contributed by atoms with van der Waals surface area (Å²) in [5.74, 6) is -2.93. The summed E-state index contributed by atoms with van der Waals surface area (Å²) in [4.78, 5) is 59.4. The quantitative estimate of drug-likeness (QED) is 0.140. The van der Waals surface area contributed by atoms with Gasteiger partial charge in [0.05, 0.1) is 11.1 Å². The molecule has 0 amide bonds. The maximum Gasteiger partial charge on any atom is 0.336 e. The summed E-state index contributed by atoms with van der Waals surface area (Å²) >= 11 is 5.02. The third-order valence-corrected chi connectivity index (χ3v) is 12.7. The van der Waals surface area contributed by atoms with Crippen LogP contribution in [0.25, 0.3) is 0 Å². The Hall–Kier alpha value is -5.00. The van der Waals surface area contributed by atoms with E-state index in [0.717, 1.165) is 44.4 Å². The van der Waals surface area contributed by atoms with E-state index in [0.29, 0.717) is 29.4 Å². The molecule has 0 unspecified atom stereocenters. The van der Waals surface area contributed by atoms with Crippen LogP contribution in [0.1, 0.15) is 63.7 Å². The van der Waals surface area contributed by atoms with Crippen molar-refractivity contribution in [2.75, 3.05) is 0 Å². The Morgan fingerprint density at radius 3 is 1.04 bits per heavy atom. The summed E-state index contributed by atoms with van der Waals surface area (Å²) in [7, 11) is 0. The van der Waals surface area contributed by atoms with Gasteiger partial charge >= 0.3 is 11.9 Å². The zero-order chi connectivity index (χ0) is 36.5. The Balaban J connectivity index is 1.45. The predicted octanol–water partition coefficient (Wildman–Crippen LogP) is 11.1. The van der Waals surface area contributed by atoms with Crippen LogP contribution < -0.4 is 0 Å². The average molecular weight is 757 g/mol. The fraction of sp³-hybridized carbons (Fsp3) is 0.0476. The molecule has 1 aliphatic rings. The Kier molecular flexibility index (Phi) is 10.2. The third-order valence-electron chi connectivity index (χ3n) is 8.34. The van der Waals surface area contributed by atoms with Crippen LogP contribution >= 0.6 is 47.0 Å². The maximum absolute atomic E-state index is 15.2. The Bertz CT molecular complexity index is 2250. The molecule has 6 aromatic rings. The van der Waals surface area contributed by atoms with Crippen LogP contribution in [0, 0.1) is 13.8 Å². The predicted molar refractivity (Wildman–Crippen MR) is 205 cm³/mol. The van der Waals surface area contributed by atoms with Gasteiger partial charge in [-0.2, -0.15) is 0 Å². The first-order valence-corrected chi connectivity index (χ1v) is 19.3. The number of ketones is 2. The number of carboxylic acids is 2. The first-order valence-electron chi connectivity index (χ1n) is 16.0. The molecule has 52 heavy (non-hydrogen) atoms. The van der Waals surface area contributed by atoms with Gasteiger partial charge in [0.1, 0.15) is 0 Å². The highest BCUT2D eigenvalue weighted by Crippen LogP contribution is 2.48. The lowest BCUT2D eigenvalue weighted by Gasteiger charge is -2.26. The Labute approximate surface area is 317 Å². The first kappa shape index (κ1) is 35.4. The molecule has 0 saturated heterocycles. The highest BCUT2D eigenvalue weighted by Gasteiger charge is 2.38. The number of hydrogen-bond donors (Lipinski definition) is 2. The minimum absolute atomic E-state index is 0.0840. The number of benzene rings is 6. The van der Waals surface area contributed by atoms with Gasteiger partial charge < -0.3 is 10.2 Å². The van der Waals surface area contributed by atoms with Gasteiger partial charge in [-0.15, -0.1) is 0 Å². The molecular weight excluding hydrogens is 729 g/mol. The summed E-state index contributed by atoms with van der Waals surface area (Å²) in [6.45, 7) is 3.98. The summed E-state index contributed by atoms with van der Waals surface area (Å²) in [5, 5.41) is 19.9. The van der Waals surface area contributed by atoms with Gasteiger partial charge in [-0.1, -0.05) is 107 Å². The number of carbonyl (C=O) groups excluding carboxylic acids is 2. The Morgan fingerprint density at radius 2 is 0.712 bits per heavy atom. The molecule has 6 aromatic carbocycles. The van der Waals surface area contributed by atoms with Crippen LogP contribution in [0.2, 0.25) is 0 Å². The lowest BCUT2D eigenvalue weighted by atomic mass is 9.84. The molecule has 1 aliphatic carbocycles. The topological polar surface area (TPSA) is 109 Å². The van der Waals surface area contributed by atoms with Gasteiger partial charge in [0.2, 0.25) is 0 Å². The van der Waals surface area contributed by atoms with Gasteiger partial charge in [0.15, 0.2) is 11.6 Å². The number of carboxylic acid groups (broad SMARTS) is 2. The summed E-state index contributed by atoms with van der Waals surface area (Å²) in [6, 6.07) is 36.1. The minimum atomic E-state index is -1.10. The van der Waals surface area contributed by atoms with Crippen molar-refractivity contribution in [2.24, 2.45) is 0 Å². The van der Waals surface area contributed by atoms with E-state index in [1.54, 1.807) is 48.5 Å². The molecule has 0 atom stereocenters. The molecule has 0 spiro atoms. The van der Waals surface area contributed by atoms with E-state index in [4.69, 9.17) is 0 Å². The second-order valence-corrected chi connectivity index (χ2v) is 16.3. The molecule has 256 valence electrons. The third kappa shape index (κ3) is 7.07. The average Bonchev–Trinajstić information content (AvgIpc) is 3.13. The number of aryl methyl sites for hydroxylation is 2. The number of rotatable bonds is 10. The van der Waals surface area contributed by atoms with Crippen LogP contribution in [0.3, 0.4) is 0 Å². The van der Waals surface area contributed by atoms with Crippen molar-refractivity contribution < 1.29 is 29.4 Å². The van der Waals surface area contributed by atoms with Gasteiger partial charge in [-0.05, 0) is 86.6 Å². The van der Waals surface area contributed by atoms with E-state index < -0.39 is 11.9 Å². The Morgan fingerprint density at radius 1 is 0.404 bits per heavy atom. The molecule has 0 heterocycles. The fourth-order valence-corrected chi connectivity index (χ4v) is 9.87. The number of hydrogen-bond acceptors (Lipinski definition) is 8. The van der Waals surface area contributed by atoms with E-state index in [1.165, 1.54) is 35.7 Å². The molecule has 2 N–H and O–H groups in total. The molecule has 0 fully saturated rings. The molecular formula is C42H28O6S4. The first-order chi connectivity index (χ1) is 25.1. The number of carbonyl (C=O) groups is 4. The zero-order valence-corrected chi connectivity index (χ0v) is 31.0. The van der Waals surface area contributed by atoms with E-state index in [-0.39, 0.29) is 44.9 Å². The summed E-state index contributed by atoms with van der Waals surface area (Å²) < 4.78 is 0. The van der Waals surface area contributed by atoms with E-state index in [9.17, 15) is 19.8 Å². The van der Waals surface area contributed by atoms with E-state index >= 15 is 9.59 Å². The molecule has 7 rings (SSSR count). The molecule has 0 aliphatic heterocycles. The second kappa shape index (κ2) is 14.9. The fourth-order valence-electron chi connectivity index (χ4n) is 5.79. The molecule has 6 nitrogen and oxygen atoms in total. The van der Waals surface area contributed by atoms with Crippen LogP contribution in [-0.4, -0.2) is 33.7 Å². The number of aromatic carboxylic acids is 2. The van der Waals surface area contributed by atoms with Crippen molar-refractivity contribution in [3.63, 3.8) is 0 Å². The van der Waals surface area contributed by atoms with Crippen molar-refractivity contribution in [3.8, 4) is 0 Å². The number of fused-ring (bicyclic) bond motifs is 2. The SMILES string of the molecule is Cc1ccc(Sc2ccc(Sc3ccccc3C(=O)O)c3c2C(=O)c2c(Sc4ccccc4C(=O)O)ccc(Sc4ccc(C)cc4)c2C3=O)cc1. The monoisotopic (exact) mass is 756 g/mol. The smallest absolute Gasteiger partial charge is 0.336 e. The van der Waals surface area contributed by atoms with Crippen molar-refractivity contribution >= 4 is 70.6 Å². The van der Waals surface area contributed by atoms with Crippen molar-refractivity contribution in [1.29, 1.82) is 0 Å². The highest BCUT2D eigenvalue weighted by molar-refractivity contribution is 8.00. The van der Waals surface area contributed by atoms with Crippen molar-refractivity contribution in [3.05, 3.63) is 166 Å². The van der Waals surface area contributed by atoms with Gasteiger partial charge in [0, 0.05) is 61.4 Å². The van der Waals surface area contributed by atoms with Gasteiger partial charge in [-0.25, -0.2) is 9.59 Å². The van der Waals surface area contributed by atoms with Crippen molar-refractivity contribution in [2.45, 2.75) is 53.0 Å². The lowest BCUT2D eigenvalue weighted by Crippen LogP contribution is -2.24. The maximum atomic E-state index is 15.2. The van der Waals surface area contributed by atoms with Crippen LogP contribution in [0.5, 0.6) is 0 Å². The molecule has 0 aromatic heterocycles. The summed E-state index contributed by atoms with van der Waals surface area (Å²) in [5.41, 5.74) is 3.20. The highest BCUT2D eigenvalue weighted by atomic mass is 32.2. The van der Waals surface area contributed by atoms with Crippen LogP contribution in [0.4, 0.5) is 0 Å². The zero-order valence-electron chi connectivity index (χ0n) is 27.7. The largest absolute Gasteiger partial charge is 0.478 e. The molecule has 0 bridgehead atoms. The molecule has 0 saturated carbocycles. The van der Waals surface area contributed by atoms with E-state index in [1.807, 2.05) is 74.5 Å². The second-order valence-electron chi connectivity index (χ2n) is 11.9. The van der Waals surface area contributed by atoms with E-state index in [2.05, 4.69) is 0 Å². The van der Waals surface area contributed by atoms with Crippen molar-refractivity contribution in [1.82, 2.24) is 0 Å². The lowest BCUT2D eigenvalue weighted by molar-refractivity contribution is 0.0682. The standard InChI is InChI=1S/C42H28O6S4/c1-23-11-15-25(16-12-23)49-31-19-21-33(51-29-9-5-3-7-27(29)41(45)46)37-35(31)39(43)38-34(52-30-10-6-4-8-28(30)42(47)48)22-20-32(36(38)40(37)44)50-26-17-13-24(2)14-18-26/h3-22H,1-2H3,(H,45,46)(H,47,48). The normalized spacial score (nSPS) is 12.0. The minimum Gasteiger partial charge on any atom is -0.478 e. The summed E-state index contributed by atoms with van der Waals surface area (Å²) in [6.07, 6.45) is 0.